The molecule has 26 heavy (non-hydrogen) atoms. The number of carbonyl (C=O) groups is 1. The Bertz CT molecular complexity index is 942. The van der Waals surface area contributed by atoms with Crippen LogP contribution in [0.15, 0.2) is 42.5 Å². The normalized spacial score (nSPS) is 10.6. The monoisotopic (exact) mass is 360 g/mol. The maximum absolute atomic E-state index is 13.4. The van der Waals surface area contributed by atoms with E-state index in [1.807, 2.05) is 0 Å². The molecular weight excluding hydrogens is 346 g/mol. The third-order valence-corrected chi connectivity index (χ3v) is 3.61. The van der Waals surface area contributed by atoms with Gasteiger partial charge in [-0.1, -0.05) is 17.3 Å². The standard InChI is InChI=1S/C17H14F2N4O3/c1-26-12-5-2-10(3-6-12)9-23-16(15(17(24)25)21-22-23)20-11-4-7-13(18)14(19)8-11/h2-8,20H,9H2,1H3,(H,24,25). The van der Waals surface area contributed by atoms with Gasteiger partial charge in [-0.3, -0.25) is 0 Å². The van der Waals surface area contributed by atoms with Crippen molar-refractivity contribution in [3.63, 3.8) is 0 Å². The van der Waals surface area contributed by atoms with E-state index in [2.05, 4.69) is 15.6 Å². The second-order valence-electron chi connectivity index (χ2n) is 5.35. The van der Waals surface area contributed by atoms with Gasteiger partial charge in [-0.05, 0) is 29.8 Å². The van der Waals surface area contributed by atoms with Crippen molar-refractivity contribution in [2.75, 3.05) is 12.4 Å². The van der Waals surface area contributed by atoms with E-state index in [0.717, 1.165) is 17.7 Å². The molecule has 0 aliphatic rings. The van der Waals surface area contributed by atoms with Crippen LogP contribution in [0.1, 0.15) is 16.1 Å². The number of rotatable bonds is 6. The lowest BCUT2D eigenvalue weighted by atomic mass is 10.2. The molecule has 0 spiro atoms. The molecule has 0 atom stereocenters. The van der Waals surface area contributed by atoms with E-state index in [4.69, 9.17) is 4.74 Å². The number of methoxy groups -OCH3 is 1. The summed E-state index contributed by atoms with van der Waals surface area (Å²) in [6, 6.07) is 10.3. The zero-order valence-corrected chi connectivity index (χ0v) is 13.6. The van der Waals surface area contributed by atoms with Crippen LogP contribution in [0.25, 0.3) is 0 Å². The van der Waals surface area contributed by atoms with Crippen molar-refractivity contribution < 1.29 is 23.4 Å². The van der Waals surface area contributed by atoms with Crippen LogP contribution in [0.5, 0.6) is 5.75 Å². The molecule has 0 unspecified atom stereocenters. The summed E-state index contributed by atoms with van der Waals surface area (Å²) in [5.41, 5.74) is 0.661. The van der Waals surface area contributed by atoms with Gasteiger partial charge in [0, 0.05) is 11.8 Å². The third kappa shape index (κ3) is 3.61. The number of nitrogens with one attached hydrogen (secondary N) is 1. The fraction of sp³-hybridized carbons (Fsp3) is 0.118. The van der Waals surface area contributed by atoms with E-state index in [9.17, 15) is 18.7 Å². The summed E-state index contributed by atoms with van der Waals surface area (Å²) >= 11 is 0. The van der Waals surface area contributed by atoms with E-state index < -0.39 is 17.6 Å². The first kappa shape index (κ1) is 17.3. The quantitative estimate of drug-likeness (QED) is 0.702. The van der Waals surface area contributed by atoms with Crippen LogP contribution in [-0.4, -0.2) is 33.2 Å². The van der Waals surface area contributed by atoms with Gasteiger partial charge in [0.15, 0.2) is 17.5 Å². The number of ether oxygens (including phenoxy) is 1. The lowest BCUT2D eigenvalue weighted by Crippen LogP contribution is -2.09. The predicted molar refractivity (Wildman–Crippen MR) is 88.7 cm³/mol. The van der Waals surface area contributed by atoms with Gasteiger partial charge in [0.1, 0.15) is 5.75 Å². The Morgan fingerprint density at radius 2 is 1.92 bits per heavy atom. The Morgan fingerprint density at radius 1 is 1.19 bits per heavy atom. The zero-order chi connectivity index (χ0) is 18.7. The molecule has 2 aromatic carbocycles. The Balaban J connectivity index is 1.92. The number of aromatic nitrogens is 3. The van der Waals surface area contributed by atoms with Crippen molar-refractivity contribution in [1.29, 1.82) is 0 Å². The molecular formula is C17H14F2N4O3. The lowest BCUT2D eigenvalue weighted by Gasteiger charge is -2.10. The molecule has 9 heteroatoms. The van der Waals surface area contributed by atoms with Crippen molar-refractivity contribution in [3.05, 3.63) is 65.4 Å². The predicted octanol–water partition coefficient (Wildman–Crippen LogP) is 3.06. The highest BCUT2D eigenvalue weighted by molar-refractivity contribution is 5.91. The maximum Gasteiger partial charge on any atom is 0.360 e. The van der Waals surface area contributed by atoms with Crippen molar-refractivity contribution >= 4 is 17.5 Å². The molecule has 0 amide bonds. The molecule has 7 nitrogen and oxygen atoms in total. The van der Waals surface area contributed by atoms with E-state index in [-0.39, 0.29) is 23.7 Å². The Morgan fingerprint density at radius 3 is 2.54 bits per heavy atom. The van der Waals surface area contributed by atoms with Gasteiger partial charge in [-0.25, -0.2) is 18.3 Å². The fourth-order valence-electron chi connectivity index (χ4n) is 2.31. The summed E-state index contributed by atoms with van der Waals surface area (Å²) in [6.45, 7) is 0.219. The van der Waals surface area contributed by atoms with Crippen LogP contribution in [0.4, 0.5) is 20.3 Å². The number of benzene rings is 2. The van der Waals surface area contributed by atoms with Crippen LogP contribution in [0.3, 0.4) is 0 Å². The van der Waals surface area contributed by atoms with Gasteiger partial charge in [0.2, 0.25) is 5.69 Å². The van der Waals surface area contributed by atoms with E-state index in [0.29, 0.717) is 5.75 Å². The molecule has 3 aromatic rings. The van der Waals surface area contributed by atoms with Gasteiger partial charge in [0.05, 0.1) is 13.7 Å². The van der Waals surface area contributed by atoms with E-state index in [1.165, 1.54) is 10.7 Å². The number of hydrogen-bond acceptors (Lipinski definition) is 5. The molecule has 0 radical (unpaired) electrons. The van der Waals surface area contributed by atoms with Crippen molar-refractivity contribution in [3.8, 4) is 5.75 Å². The number of nitrogens with zero attached hydrogens (tertiary/aromatic N) is 3. The molecule has 134 valence electrons. The smallest absolute Gasteiger partial charge is 0.360 e. The van der Waals surface area contributed by atoms with Crippen LogP contribution in [-0.2, 0) is 6.54 Å². The first-order valence-corrected chi connectivity index (χ1v) is 7.49. The molecule has 0 bridgehead atoms. The number of hydrogen-bond donors (Lipinski definition) is 2. The molecule has 0 fully saturated rings. The maximum atomic E-state index is 13.4. The summed E-state index contributed by atoms with van der Waals surface area (Å²) in [5.74, 6) is -2.62. The molecule has 0 aliphatic heterocycles. The van der Waals surface area contributed by atoms with Crippen LogP contribution >= 0.6 is 0 Å². The minimum Gasteiger partial charge on any atom is -0.497 e. The Kier molecular flexibility index (Phi) is 4.78. The molecule has 0 saturated heterocycles. The highest BCUT2D eigenvalue weighted by Crippen LogP contribution is 2.22. The minimum absolute atomic E-state index is 0.0549. The van der Waals surface area contributed by atoms with Crippen molar-refractivity contribution in [1.82, 2.24) is 15.0 Å². The lowest BCUT2D eigenvalue weighted by molar-refractivity contribution is 0.0691. The SMILES string of the molecule is COc1ccc(Cn2nnc(C(=O)O)c2Nc2ccc(F)c(F)c2)cc1. The highest BCUT2D eigenvalue weighted by atomic mass is 19.2. The number of aromatic carboxylic acids is 1. The second-order valence-corrected chi connectivity index (χ2v) is 5.35. The van der Waals surface area contributed by atoms with Gasteiger partial charge in [-0.2, -0.15) is 0 Å². The Labute approximate surface area is 146 Å². The van der Waals surface area contributed by atoms with Crippen molar-refractivity contribution in [2.45, 2.75) is 6.54 Å². The third-order valence-electron chi connectivity index (χ3n) is 3.61. The molecule has 0 aliphatic carbocycles. The van der Waals surface area contributed by atoms with Crippen LogP contribution in [0.2, 0.25) is 0 Å². The van der Waals surface area contributed by atoms with E-state index in [1.54, 1.807) is 31.4 Å². The molecule has 2 N–H and O–H groups in total. The number of anilines is 2. The minimum atomic E-state index is -1.30. The highest BCUT2D eigenvalue weighted by Gasteiger charge is 2.20. The van der Waals surface area contributed by atoms with Crippen LogP contribution in [0, 0.1) is 11.6 Å². The number of carboxylic acids is 1. The first-order chi connectivity index (χ1) is 12.5. The summed E-state index contributed by atoms with van der Waals surface area (Å²) in [5, 5.41) is 19.5. The van der Waals surface area contributed by atoms with Gasteiger partial charge < -0.3 is 15.2 Å². The second kappa shape index (κ2) is 7.18. The average Bonchev–Trinajstić information content (AvgIpc) is 3.01. The Hall–Kier alpha value is -3.49. The largest absolute Gasteiger partial charge is 0.497 e. The first-order valence-electron chi connectivity index (χ1n) is 7.49. The van der Waals surface area contributed by atoms with Gasteiger partial charge >= 0.3 is 5.97 Å². The summed E-state index contributed by atoms with van der Waals surface area (Å²) < 4.78 is 32.9. The number of carboxylic acid groups (broad SMARTS) is 1. The average molecular weight is 360 g/mol. The zero-order valence-electron chi connectivity index (χ0n) is 13.6. The van der Waals surface area contributed by atoms with Crippen LogP contribution < -0.4 is 10.1 Å². The molecule has 1 heterocycles. The van der Waals surface area contributed by atoms with Gasteiger partial charge in [0.25, 0.3) is 0 Å². The topological polar surface area (TPSA) is 89.3 Å². The van der Waals surface area contributed by atoms with Gasteiger partial charge in [-0.15, -0.1) is 5.10 Å². The number of halogens is 2. The van der Waals surface area contributed by atoms with E-state index >= 15 is 0 Å². The summed E-state index contributed by atoms with van der Waals surface area (Å²) in [4.78, 5) is 11.4. The molecule has 1 aromatic heterocycles. The summed E-state index contributed by atoms with van der Waals surface area (Å²) in [7, 11) is 1.55. The fourth-order valence-corrected chi connectivity index (χ4v) is 2.31. The molecule has 0 saturated carbocycles. The molecule has 3 rings (SSSR count). The summed E-state index contributed by atoms with van der Waals surface area (Å²) in [6.07, 6.45) is 0. The van der Waals surface area contributed by atoms with Crippen molar-refractivity contribution in [2.24, 2.45) is 0 Å².